The molecule has 0 spiro atoms. The second-order valence-corrected chi connectivity index (χ2v) is 16.2. The van der Waals surface area contributed by atoms with E-state index in [2.05, 4.69) is 36.7 Å². The molecule has 3 N–H and O–H groups in total. The Labute approximate surface area is 318 Å². The van der Waals surface area contributed by atoms with Crippen molar-refractivity contribution < 1.29 is 23.9 Å². The van der Waals surface area contributed by atoms with Gasteiger partial charge in [0.15, 0.2) is 0 Å². The van der Waals surface area contributed by atoms with Crippen molar-refractivity contribution in [3.63, 3.8) is 0 Å². The average Bonchev–Trinajstić information content (AvgIpc) is 3.51. The van der Waals surface area contributed by atoms with Gasteiger partial charge in [-0.15, -0.1) is 23.1 Å². The van der Waals surface area contributed by atoms with Crippen LogP contribution in [0.15, 0.2) is 108 Å². The number of fused-ring (bicyclic) bond motifs is 2. The van der Waals surface area contributed by atoms with Gasteiger partial charge in [0, 0.05) is 21.0 Å². The number of carbonyl (C=O) groups is 4. The molecule has 0 saturated carbocycles. The van der Waals surface area contributed by atoms with Crippen molar-refractivity contribution >= 4 is 74.3 Å². The maximum absolute atomic E-state index is 13.8. The third-order valence-corrected chi connectivity index (χ3v) is 11.5. The minimum absolute atomic E-state index is 0.0810. The summed E-state index contributed by atoms with van der Waals surface area (Å²) >= 11 is 2.79. The molecule has 53 heavy (non-hydrogen) atoms. The summed E-state index contributed by atoms with van der Waals surface area (Å²) in [5.74, 6) is -0.977. The van der Waals surface area contributed by atoms with Crippen LogP contribution < -0.4 is 16.0 Å². The summed E-state index contributed by atoms with van der Waals surface area (Å²) in [6.07, 6.45) is 4.31. The lowest BCUT2D eigenvalue weighted by Gasteiger charge is -2.33. The summed E-state index contributed by atoms with van der Waals surface area (Å²) in [4.78, 5) is 55.3. The van der Waals surface area contributed by atoms with E-state index in [1.54, 1.807) is 55.5 Å². The number of nitrogens with one attached hydrogen (secondary N) is 3. The Morgan fingerprint density at radius 1 is 0.906 bits per heavy atom. The maximum atomic E-state index is 13.8. The van der Waals surface area contributed by atoms with Gasteiger partial charge in [-0.05, 0) is 95.8 Å². The Kier molecular flexibility index (Phi) is 11.8. The number of rotatable bonds is 11. The fourth-order valence-corrected chi connectivity index (χ4v) is 8.57. The number of hydrogen-bond acceptors (Lipinski definition) is 7. The number of thiophene rings is 1. The molecule has 6 rings (SSSR count). The van der Waals surface area contributed by atoms with E-state index in [4.69, 9.17) is 4.74 Å². The smallest absolute Gasteiger partial charge is 0.341 e. The number of hydrogen-bond donors (Lipinski definition) is 3. The van der Waals surface area contributed by atoms with E-state index in [0.29, 0.717) is 27.7 Å². The van der Waals surface area contributed by atoms with Gasteiger partial charge in [-0.1, -0.05) is 87.5 Å². The lowest BCUT2D eigenvalue weighted by Crippen LogP contribution is -2.30. The van der Waals surface area contributed by atoms with Gasteiger partial charge in [0.05, 0.1) is 17.9 Å². The van der Waals surface area contributed by atoms with Crippen LogP contribution in [0.2, 0.25) is 0 Å². The SMILES string of the molecule is CCOC(=O)c1c(NC(=O)CSc2cccc(NC(=O)/C(=C\c3cccc4ccccc34)NC(=O)c3ccccc3)c2)sc2c1CCC(C(C)(C)C)C2. The highest BCUT2D eigenvalue weighted by molar-refractivity contribution is 8.00. The van der Waals surface area contributed by atoms with Crippen molar-refractivity contribution in [3.05, 3.63) is 130 Å². The molecule has 10 heteroatoms. The highest BCUT2D eigenvalue weighted by Gasteiger charge is 2.34. The van der Waals surface area contributed by atoms with Gasteiger partial charge in [-0.2, -0.15) is 0 Å². The van der Waals surface area contributed by atoms with E-state index in [0.717, 1.165) is 50.9 Å². The third-order valence-electron chi connectivity index (χ3n) is 9.34. The van der Waals surface area contributed by atoms with Gasteiger partial charge in [0.1, 0.15) is 10.7 Å². The normalized spacial score (nSPS) is 14.3. The second-order valence-electron chi connectivity index (χ2n) is 14.0. The maximum Gasteiger partial charge on any atom is 0.341 e. The van der Waals surface area contributed by atoms with Crippen LogP contribution in [0.25, 0.3) is 16.8 Å². The van der Waals surface area contributed by atoms with Crippen LogP contribution in [0.1, 0.15) is 70.8 Å². The van der Waals surface area contributed by atoms with Crippen molar-refractivity contribution in [2.24, 2.45) is 11.3 Å². The first-order valence-electron chi connectivity index (χ1n) is 17.7. The molecule has 0 fully saturated rings. The average molecular weight is 746 g/mol. The Bertz CT molecular complexity index is 2180. The zero-order valence-corrected chi connectivity index (χ0v) is 31.9. The molecule has 3 amide bonds. The second kappa shape index (κ2) is 16.7. The third kappa shape index (κ3) is 9.25. The van der Waals surface area contributed by atoms with E-state index < -0.39 is 17.8 Å². The zero-order valence-electron chi connectivity index (χ0n) is 30.3. The van der Waals surface area contributed by atoms with Crippen LogP contribution in [-0.4, -0.2) is 36.1 Å². The van der Waals surface area contributed by atoms with Gasteiger partial charge >= 0.3 is 5.97 Å². The predicted molar refractivity (Wildman–Crippen MR) is 216 cm³/mol. The fourth-order valence-electron chi connectivity index (χ4n) is 6.48. The van der Waals surface area contributed by atoms with E-state index in [-0.39, 0.29) is 29.4 Å². The Hall–Kier alpha value is -5.19. The van der Waals surface area contributed by atoms with Gasteiger partial charge in [-0.3, -0.25) is 14.4 Å². The molecule has 0 saturated heterocycles. The molecule has 272 valence electrons. The molecule has 8 nitrogen and oxygen atoms in total. The minimum atomic E-state index is -0.496. The largest absolute Gasteiger partial charge is 0.462 e. The van der Waals surface area contributed by atoms with Crippen LogP contribution in [0.4, 0.5) is 10.7 Å². The summed E-state index contributed by atoms with van der Waals surface area (Å²) < 4.78 is 5.40. The molecule has 1 aromatic heterocycles. The van der Waals surface area contributed by atoms with Gasteiger partial charge in [0.25, 0.3) is 11.8 Å². The topological polar surface area (TPSA) is 114 Å². The molecule has 4 aromatic carbocycles. The monoisotopic (exact) mass is 745 g/mol. The highest BCUT2D eigenvalue weighted by Crippen LogP contribution is 2.44. The van der Waals surface area contributed by atoms with E-state index in [1.165, 1.54) is 23.1 Å². The summed E-state index contributed by atoms with van der Waals surface area (Å²) in [5, 5.41) is 11.2. The zero-order chi connectivity index (χ0) is 37.5. The highest BCUT2D eigenvalue weighted by atomic mass is 32.2. The number of esters is 1. The van der Waals surface area contributed by atoms with E-state index in [9.17, 15) is 19.2 Å². The standard InChI is InChI=1S/C43H43N3O5S2/c1-5-51-42(50)38-34-22-21-30(43(2,3)4)24-36(34)53-41(38)46-37(47)26-52-32-19-12-18-31(25-32)44-40(49)35(45-39(48)28-14-7-6-8-15-28)23-29-17-11-16-27-13-9-10-20-33(27)29/h6-20,23,25,30H,5,21-22,24,26H2,1-4H3,(H,44,49)(H,45,48)(H,46,47)/b35-23+. The predicted octanol–water partition coefficient (Wildman–Crippen LogP) is 9.37. The Balaban J connectivity index is 1.16. The molecule has 1 unspecified atom stereocenters. The van der Waals surface area contributed by atoms with Crippen LogP contribution >= 0.6 is 23.1 Å². The van der Waals surface area contributed by atoms with Crippen LogP contribution in [-0.2, 0) is 27.2 Å². The van der Waals surface area contributed by atoms with E-state index >= 15 is 0 Å². The summed E-state index contributed by atoms with van der Waals surface area (Å²) in [7, 11) is 0. The first-order chi connectivity index (χ1) is 25.5. The molecule has 0 bridgehead atoms. The van der Waals surface area contributed by atoms with Crippen LogP contribution in [0.3, 0.4) is 0 Å². The lowest BCUT2D eigenvalue weighted by molar-refractivity contribution is -0.114. The van der Waals surface area contributed by atoms with Crippen molar-refractivity contribution in [2.45, 2.75) is 51.9 Å². The van der Waals surface area contributed by atoms with Crippen molar-refractivity contribution in [2.75, 3.05) is 23.0 Å². The van der Waals surface area contributed by atoms with Gasteiger partial charge < -0.3 is 20.7 Å². The quantitative estimate of drug-likeness (QED) is 0.0706. The molecule has 1 heterocycles. The first-order valence-corrected chi connectivity index (χ1v) is 19.5. The molecule has 5 aromatic rings. The molecule has 0 radical (unpaired) electrons. The van der Waals surface area contributed by atoms with Gasteiger partial charge in [-0.25, -0.2) is 4.79 Å². The fraction of sp³-hybridized carbons (Fsp3) is 0.256. The van der Waals surface area contributed by atoms with Crippen LogP contribution in [0.5, 0.6) is 0 Å². The number of ether oxygens (including phenoxy) is 1. The van der Waals surface area contributed by atoms with Crippen molar-refractivity contribution in [1.82, 2.24) is 5.32 Å². The molecule has 1 atom stereocenters. The van der Waals surface area contributed by atoms with E-state index in [1.807, 2.05) is 54.6 Å². The Morgan fingerprint density at radius 3 is 2.42 bits per heavy atom. The van der Waals surface area contributed by atoms with Crippen molar-refractivity contribution in [1.29, 1.82) is 0 Å². The molecule has 1 aliphatic carbocycles. The van der Waals surface area contributed by atoms with Crippen LogP contribution in [0, 0.1) is 11.3 Å². The number of thioether (sulfide) groups is 1. The minimum Gasteiger partial charge on any atom is -0.462 e. The summed E-state index contributed by atoms with van der Waals surface area (Å²) in [5.41, 5.74) is 3.41. The number of anilines is 2. The number of carbonyl (C=O) groups excluding carboxylic acids is 4. The first kappa shape index (κ1) is 37.6. The van der Waals surface area contributed by atoms with Gasteiger partial charge in [0.2, 0.25) is 5.91 Å². The number of benzene rings is 4. The lowest BCUT2D eigenvalue weighted by atomic mass is 9.72. The number of amides is 3. The molecule has 0 aliphatic heterocycles. The molecular weight excluding hydrogens is 703 g/mol. The molecular formula is C43H43N3O5S2. The van der Waals surface area contributed by atoms with Crippen molar-refractivity contribution in [3.8, 4) is 0 Å². The Morgan fingerprint density at radius 2 is 1.64 bits per heavy atom. The molecule has 1 aliphatic rings. The summed E-state index contributed by atoms with van der Waals surface area (Å²) in [6, 6.07) is 29.6. The summed E-state index contributed by atoms with van der Waals surface area (Å²) in [6.45, 7) is 8.77.